The fourth-order valence-corrected chi connectivity index (χ4v) is 3.11. The zero-order valence-electron chi connectivity index (χ0n) is 14.0. The van der Waals surface area contributed by atoms with Crippen molar-refractivity contribution in [1.82, 2.24) is 10.2 Å². The molecule has 0 spiro atoms. The van der Waals surface area contributed by atoms with E-state index in [-0.39, 0.29) is 5.91 Å². The van der Waals surface area contributed by atoms with Crippen LogP contribution >= 0.6 is 0 Å². The lowest BCUT2D eigenvalue weighted by Crippen LogP contribution is -2.37. The minimum atomic E-state index is -0.779. The molecule has 3 amide bonds. The van der Waals surface area contributed by atoms with Gasteiger partial charge < -0.3 is 10.6 Å². The highest BCUT2D eigenvalue weighted by atomic mass is 16.2. The lowest BCUT2D eigenvalue weighted by atomic mass is 9.96. The number of carbonyl (C=O) groups excluding carboxylic acids is 2. The van der Waals surface area contributed by atoms with Crippen LogP contribution in [0, 0.1) is 5.92 Å². The lowest BCUT2D eigenvalue weighted by molar-refractivity contribution is -0.120. The topological polar surface area (TPSA) is 75.4 Å². The first-order chi connectivity index (χ1) is 10.9. The lowest BCUT2D eigenvalue weighted by Gasteiger charge is -2.15. The molecule has 1 fully saturated rings. The Hall–Kier alpha value is -1.88. The Morgan fingerprint density at radius 1 is 1.30 bits per heavy atom. The van der Waals surface area contributed by atoms with Gasteiger partial charge in [0.05, 0.1) is 0 Å². The van der Waals surface area contributed by atoms with Crippen LogP contribution in [-0.2, 0) is 11.2 Å². The normalized spacial score (nSPS) is 18.3. The number of nitrogens with one attached hydrogen (secondary N) is 1. The summed E-state index contributed by atoms with van der Waals surface area (Å²) in [6, 6.07) is 8.14. The standard InChI is InChI=1S/C18H27N3O2/c1-13(2)16-5-3-14(4-6-16)11-15-7-9-21(12-15)10-8-17(22)20-18(19)23/h3-6,13,15H,7-12H2,1-2H3,(H3,19,20,22,23). The van der Waals surface area contributed by atoms with Gasteiger partial charge in [0.25, 0.3) is 0 Å². The molecule has 1 aliphatic heterocycles. The highest BCUT2D eigenvalue weighted by Crippen LogP contribution is 2.22. The van der Waals surface area contributed by atoms with Gasteiger partial charge in [-0.2, -0.15) is 0 Å². The molecule has 1 aromatic carbocycles. The number of benzene rings is 1. The Morgan fingerprint density at radius 3 is 2.61 bits per heavy atom. The highest BCUT2D eigenvalue weighted by molar-refractivity contribution is 5.93. The number of nitrogens with zero attached hydrogens (tertiary/aromatic N) is 1. The summed E-state index contributed by atoms with van der Waals surface area (Å²) in [4.78, 5) is 24.3. The molecule has 3 N–H and O–H groups in total. The predicted molar refractivity (Wildman–Crippen MR) is 91.1 cm³/mol. The molecule has 1 saturated heterocycles. The molecule has 1 aliphatic rings. The van der Waals surface area contributed by atoms with Gasteiger partial charge in [0, 0.05) is 19.5 Å². The van der Waals surface area contributed by atoms with Crippen molar-refractivity contribution in [1.29, 1.82) is 0 Å². The zero-order valence-corrected chi connectivity index (χ0v) is 14.0. The van der Waals surface area contributed by atoms with Gasteiger partial charge in [-0.1, -0.05) is 38.1 Å². The molecule has 1 heterocycles. The van der Waals surface area contributed by atoms with E-state index in [2.05, 4.69) is 48.3 Å². The maximum absolute atomic E-state index is 11.4. The number of primary amides is 1. The molecule has 0 radical (unpaired) electrons. The summed E-state index contributed by atoms with van der Waals surface area (Å²) in [5.41, 5.74) is 7.69. The first-order valence-electron chi connectivity index (χ1n) is 8.34. The van der Waals surface area contributed by atoms with Crippen molar-refractivity contribution in [3.8, 4) is 0 Å². The molecule has 1 aromatic rings. The quantitative estimate of drug-likeness (QED) is 0.845. The summed E-state index contributed by atoms with van der Waals surface area (Å²) in [6.07, 6.45) is 2.56. The van der Waals surface area contributed by atoms with Gasteiger partial charge in [0.2, 0.25) is 5.91 Å². The fraction of sp³-hybridized carbons (Fsp3) is 0.556. The molecule has 0 bridgehead atoms. The van der Waals surface area contributed by atoms with Gasteiger partial charge in [-0.25, -0.2) is 4.79 Å². The summed E-state index contributed by atoms with van der Waals surface area (Å²) in [5.74, 6) is 0.905. The Labute approximate surface area is 138 Å². The number of amides is 3. The third-order valence-electron chi connectivity index (χ3n) is 4.46. The Bertz CT molecular complexity index is 540. The van der Waals surface area contributed by atoms with Crippen molar-refractivity contribution in [3.05, 3.63) is 35.4 Å². The molecule has 1 atom stereocenters. The molecule has 5 nitrogen and oxygen atoms in total. The minimum Gasteiger partial charge on any atom is -0.351 e. The molecular formula is C18H27N3O2. The van der Waals surface area contributed by atoms with Crippen molar-refractivity contribution in [2.75, 3.05) is 19.6 Å². The maximum Gasteiger partial charge on any atom is 0.318 e. The molecule has 23 heavy (non-hydrogen) atoms. The number of hydrogen-bond donors (Lipinski definition) is 2. The molecule has 0 saturated carbocycles. The smallest absolute Gasteiger partial charge is 0.318 e. The van der Waals surface area contributed by atoms with Gasteiger partial charge >= 0.3 is 6.03 Å². The monoisotopic (exact) mass is 317 g/mol. The van der Waals surface area contributed by atoms with E-state index in [0.29, 0.717) is 24.8 Å². The third kappa shape index (κ3) is 5.67. The minimum absolute atomic E-state index is 0.301. The van der Waals surface area contributed by atoms with Crippen LogP contribution in [0.25, 0.3) is 0 Å². The van der Waals surface area contributed by atoms with Crippen LogP contribution in [0.15, 0.2) is 24.3 Å². The van der Waals surface area contributed by atoms with Crippen LogP contribution in [-0.4, -0.2) is 36.5 Å². The Kier molecular flexibility index (Phi) is 6.16. The second-order valence-electron chi connectivity index (χ2n) is 6.72. The summed E-state index contributed by atoms with van der Waals surface area (Å²) >= 11 is 0. The molecule has 0 aliphatic carbocycles. The number of rotatable bonds is 6. The molecule has 0 aromatic heterocycles. The first-order valence-corrected chi connectivity index (χ1v) is 8.34. The predicted octanol–water partition coefficient (Wildman–Crippen LogP) is 2.26. The number of likely N-dealkylation sites (tertiary alicyclic amines) is 1. The van der Waals surface area contributed by atoms with Gasteiger partial charge in [-0.15, -0.1) is 0 Å². The van der Waals surface area contributed by atoms with E-state index in [1.54, 1.807) is 0 Å². The van der Waals surface area contributed by atoms with Crippen LogP contribution in [0.1, 0.15) is 43.7 Å². The Morgan fingerprint density at radius 2 is 2.00 bits per heavy atom. The van der Waals surface area contributed by atoms with E-state index < -0.39 is 6.03 Å². The molecule has 5 heteroatoms. The van der Waals surface area contributed by atoms with Crippen molar-refractivity contribution >= 4 is 11.9 Å². The van der Waals surface area contributed by atoms with Crippen LogP contribution in [0.2, 0.25) is 0 Å². The van der Waals surface area contributed by atoms with E-state index in [1.165, 1.54) is 11.1 Å². The average molecular weight is 317 g/mol. The molecule has 126 valence electrons. The number of carbonyl (C=O) groups is 2. The van der Waals surface area contributed by atoms with Crippen molar-refractivity contribution in [3.63, 3.8) is 0 Å². The number of urea groups is 1. The van der Waals surface area contributed by atoms with Crippen molar-refractivity contribution < 1.29 is 9.59 Å². The van der Waals surface area contributed by atoms with Gasteiger partial charge in [-0.05, 0) is 42.3 Å². The van der Waals surface area contributed by atoms with E-state index in [0.717, 1.165) is 25.9 Å². The summed E-state index contributed by atoms with van der Waals surface area (Å²) in [6.45, 7) is 7.12. The van der Waals surface area contributed by atoms with Crippen LogP contribution < -0.4 is 11.1 Å². The summed E-state index contributed by atoms with van der Waals surface area (Å²) in [5, 5.41) is 2.11. The van der Waals surface area contributed by atoms with E-state index in [9.17, 15) is 9.59 Å². The van der Waals surface area contributed by atoms with Crippen LogP contribution in [0.3, 0.4) is 0 Å². The molecular weight excluding hydrogens is 290 g/mol. The average Bonchev–Trinajstić information content (AvgIpc) is 2.92. The van der Waals surface area contributed by atoms with Gasteiger partial charge in [0.15, 0.2) is 0 Å². The number of nitrogens with two attached hydrogens (primary N) is 1. The maximum atomic E-state index is 11.4. The first kappa shape index (κ1) is 17.5. The molecule has 1 unspecified atom stereocenters. The van der Waals surface area contributed by atoms with E-state index >= 15 is 0 Å². The van der Waals surface area contributed by atoms with Crippen molar-refractivity contribution in [2.24, 2.45) is 11.7 Å². The SMILES string of the molecule is CC(C)c1ccc(CC2CCN(CCC(=O)NC(N)=O)C2)cc1. The van der Waals surface area contributed by atoms with Gasteiger partial charge in [-0.3, -0.25) is 10.1 Å². The second-order valence-corrected chi connectivity index (χ2v) is 6.72. The van der Waals surface area contributed by atoms with E-state index in [4.69, 9.17) is 5.73 Å². The Balaban J connectivity index is 1.74. The van der Waals surface area contributed by atoms with E-state index in [1.807, 2.05) is 0 Å². The number of imide groups is 1. The third-order valence-corrected chi connectivity index (χ3v) is 4.46. The van der Waals surface area contributed by atoms with Crippen LogP contribution in [0.5, 0.6) is 0 Å². The van der Waals surface area contributed by atoms with Crippen molar-refractivity contribution in [2.45, 2.75) is 39.0 Å². The van der Waals surface area contributed by atoms with Crippen LogP contribution in [0.4, 0.5) is 4.79 Å². The fourth-order valence-electron chi connectivity index (χ4n) is 3.11. The van der Waals surface area contributed by atoms with Gasteiger partial charge in [0.1, 0.15) is 0 Å². The highest BCUT2D eigenvalue weighted by Gasteiger charge is 2.23. The molecule has 2 rings (SSSR count). The summed E-state index contributed by atoms with van der Waals surface area (Å²) < 4.78 is 0. The summed E-state index contributed by atoms with van der Waals surface area (Å²) in [7, 11) is 0. The number of hydrogen-bond acceptors (Lipinski definition) is 3. The zero-order chi connectivity index (χ0) is 16.8. The second kappa shape index (κ2) is 8.11. The largest absolute Gasteiger partial charge is 0.351 e.